The molecule has 0 saturated heterocycles. The maximum Gasteiger partial charge on any atom is 0.100 e. The summed E-state index contributed by atoms with van der Waals surface area (Å²) in [5.41, 5.74) is 0. The summed E-state index contributed by atoms with van der Waals surface area (Å²) in [6, 6.07) is 0. The first-order valence-corrected chi connectivity index (χ1v) is 5.51. The predicted molar refractivity (Wildman–Crippen MR) is 54.8 cm³/mol. The number of ether oxygens (including phenoxy) is 1. The lowest BCUT2D eigenvalue weighted by Crippen LogP contribution is -3.04. The highest BCUT2D eigenvalue weighted by atomic mass is 16.5. The summed E-state index contributed by atoms with van der Waals surface area (Å²) in [5, 5.41) is 10.9. The van der Waals surface area contributed by atoms with Gasteiger partial charge in [-0.15, -0.1) is 0 Å². The van der Waals surface area contributed by atoms with Crippen molar-refractivity contribution in [2.24, 2.45) is 17.8 Å². The van der Waals surface area contributed by atoms with Gasteiger partial charge in [-0.25, -0.2) is 0 Å². The number of allylic oxidation sites excluding steroid dienone is 2. The van der Waals surface area contributed by atoms with E-state index in [9.17, 15) is 5.21 Å². The number of hydrogen-bond donors (Lipinski definition) is 1. The number of hydrogen-bond acceptors (Lipinski definition) is 2. The summed E-state index contributed by atoms with van der Waals surface area (Å²) in [4.78, 5) is 0. The van der Waals surface area contributed by atoms with Crippen LogP contribution in [0.15, 0.2) is 12.2 Å². The van der Waals surface area contributed by atoms with Crippen LogP contribution in [0.1, 0.15) is 12.8 Å². The highest BCUT2D eigenvalue weighted by Gasteiger charge is 2.35. The number of quaternary nitrogens is 1. The van der Waals surface area contributed by atoms with Crippen molar-refractivity contribution >= 4 is 0 Å². The van der Waals surface area contributed by atoms with E-state index >= 15 is 0 Å². The van der Waals surface area contributed by atoms with E-state index in [1.165, 1.54) is 12.8 Å². The largest absolute Gasteiger partial charge is 0.634 e. The van der Waals surface area contributed by atoms with Gasteiger partial charge in [-0.1, -0.05) is 12.2 Å². The molecular formula is C11H19NO2. The number of fused-ring (bicyclic) bond motifs is 2. The van der Waals surface area contributed by atoms with Crippen molar-refractivity contribution in [2.45, 2.75) is 12.8 Å². The maximum absolute atomic E-state index is 10.7. The van der Waals surface area contributed by atoms with Crippen LogP contribution in [0.2, 0.25) is 0 Å². The smallest absolute Gasteiger partial charge is 0.100 e. The van der Waals surface area contributed by atoms with Crippen molar-refractivity contribution in [2.75, 3.05) is 26.8 Å². The molecule has 2 bridgehead atoms. The zero-order valence-electron chi connectivity index (χ0n) is 8.74. The molecule has 1 fully saturated rings. The van der Waals surface area contributed by atoms with Crippen LogP contribution in [0.4, 0.5) is 0 Å². The minimum atomic E-state index is 0.220. The Hall–Kier alpha value is -0.380. The zero-order valence-corrected chi connectivity index (χ0v) is 8.74. The molecule has 0 aromatic rings. The van der Waals surface area contributed by atoms with Gasteiger partial charge >= 0.3 is 0 Å². The highest BCUT2D eigenvalue weighted by molar-refractivity contribution is 5.09. The molecule has 0 spiro atoms. The topological polar surface area (TPSA) is 36.7 Å². The molecule has 0 aliphatic heterocycles. The van der Waals surface area contributed by atoms with Crippen molar-refractivity contribution in [3.05, 3.63) is 17.4 Å². The summed E-state index contributed by atoms with van der Waals surface area (Å²) < 4.78 is 5.53. The molecule has 0 heterocycles. The van der Waals surface area contributed by atoms with E-state index in [0.29, 0.717) is 13.2 Å². The van der Waals surface area contributed by atoms with Gasteiger partial charge in [0.1, 0.15) is 6.54 Å². The van der Waals surface area contributed by atoms with Gasteiger partial charge < -0.3 is 15.0 Å². The molecule has 0 radical (unpaired) electrons. The average molecular weight is 197 g/mol. The normalized spacial score (nSPS) is 36.6. The van der Waals surface area contributed by atoms with Gasteiger partial charge in [-0.3, -0.25) is 0 Å². The Morgan fingerprint density at radius 3 is 2.86 bits per heavy atom. The van der Waals surface area contributed by atoms with Crippen molar-refractivity contribution in [3.8, 4) is 0 Å². The first-order valence-electron chi connectivity index (χ1n) is 5.51. The molecule has 2 aliphatic carbocycles. The molecule has 1 saturated carbocycles. The van der Waals surface area contributed by atoms with Gasteiger partial charge in [-0.05, 0) is 30.6 Å². The van der Waals surface area contributed by atoms with Gasteiger partial charge in [0.05, 0.1) is 20.3 Å². The van der Waals surface area contributed by atoms with Crippen LogP contribution in [-0.4, -0.2) is 26.8 Å². The van der Waals surface area contributed by atoms with Crippen molar-refractivity contribution in [3.63, 3.8) is 0 Å². The van der Waals surface area contributed by atoms with Crippen LogP contribution in [0.25, 0.3) is 0 Å². The second-order valence-corrected chi connectivity index (χ2v) is 4.57. The minimum absolute atomic E-state index is 0.220. The maximum atomic E-state index is 10.7. The van der Waals surface area contributed by atoms with Gasteiger partial charge in [0.2, 0.25) is 0 Å². The number of hydroxylamine groups is 2. The van der Waals surface area contributed by atoms with E-state index in [-0.39, 0.29) is 5.06 Å². The zero-order chi connectivity index (χ0) is 9.97. The lowest BCUT2D eigenvalue weighted by molar-refractivity contribution is -0.826. The Bertz CT molecular complexity index is 215. The quantitative estimate of drug-likeness (QED) is 0.389. The average Bonchev–Trinajstić information content (AvgIpc) is 2.73. The second kappa shape index (κ2) is 4.43. The fraction of sp³-hybridized carbons (Fsp3) is 0.818. The van der Waals surface area contributed by atoms with E-state index in [4.69, 9.17) is 4.74 Å². The Morgan fingerprint density at radius 1 is 1.43 bits per heavy atom. The van der Waals surface area contributed by atoms with Crippen molar-refractivity contribution in [1.82, 2.24) is 0 Å². The summed E-state index contributed by atoms with van der Waals surface area (Å²) in [7, 11) is 1.61. The van der Waals surface area contributed by atoms with Crippen LogP contribution in [-0.2, 0) is 4.74 Å². The van der Waals surface area contributed by atoms with Gasteiger partial charge in [0.25, 0.3) is 0 Å². The van der Waals surface area contributed by atoms with E-state index in [1.54, 1.807) is 7.05 Å². The monoisotopic (exact) mass is 197 g/mol. The summed E-state index contributed by atoms with van der Waals surface area (Å²) in [5.74, 6) is 2.30. The molecular weight excluding hydrogens is 178 g/mol. The fourth-order valence-corrected chi connectivity index (χ4v) is 2.54. The molecule has 0 amide bonds. The lowest BCUT2D eigenvalue weighted by Gasteiger charge is -2.19. The van der Waals surface area contributed by atoms with Crippen molar-refractivity contribution in [1.29, 1.82) is 0 Å². The Balaban J connectivity index is 1.61. The standard InChI is InChI=1S/C11H19NO2/c1-12(13)4-5-14-8-11-7-9-2-3-10(11)6-9/h2-3,9-12H,4-8H2,1H3. The first-order chi connectivity index (χ1) is 6.75. The highest BCUT2D eigenvalue weighted by Crippen LogP contribution is 2.43. The number of likely N-dealkylation sites (N-methyl/N-ethyl adjacent to an activating group) is 1. The molecule has 2 rings (SSSR count). The van der Waals surface area contributed by atoms with E-state index in [1.807, 2.05) is 0 Å². The van der Waals surface area contributed by atoms with Crippen LogP contribution in [0.5, 0.6) is 0 Å². The SMILES string of the molecule is C[NH+]([O-])CCOCC1CC2C=CC1C2. The number of rotatable bonds is 5. The molecule has 2 aliphatic rings. The van der Waals surface area contributed by atoms with E-state index < -0.39 is 0 Å². The first kappa shape index (κ1) is 10.1. The molecule has 4 atom stereocenters. The van der Waals surface area contributed by atoms with Gasteiger partial charge in [0.15, 0.2) is 0 Å². The molecule has 0 aromatic heterocycles. The van der Waals surface area contributed by atoms with E-state index in [0.717, 1.165) is 24.4 Å². The van der Waals surface area contributed by atoms with Crippen molar-refractivity contribution < 1.29 is 9.80 Å². The molecule has 4 unspecified atom stereocenters. The van der Waals surface area contributed by atoms with Crippen LogP contribution >= 0.6 is 0 Å². The van der Waals surface area contributed by atoms with Gasteiger partial charge in [0, 0.05) is 0 Å². The van der Waals surface area contributed by atoms with Gasteiger partial charge in [-0.2, -0.15) is 0 Å². The fourth-order valence-electron chi connectivity index (χ4n) is 2.54. The van der Waals surface area contributed by atoms with Crippen LogP contribution < -0.4 is 5.06 Å². The molecule has 14 heavy (non-hydrogen) atoms. The second-order valence-electron chi connectivity index (χ2n) is 4.57. The summed E-state index contributed by atoms with van der Waals surface area (Å²) in [6.07, 6.45) is 7.31. The Morgan fingerprint density at radius 2 is 2.29 bits per heavy atom. The minimum Gasteiger partial charge on any atom is -0.634 e. The summed E-state index contributed by atoms with van der Waals surface area (Å²) in [6.45, 7) is 2.02. The third-order valence-corrected chi connectivity index (χ3v) is 3.35. The third kappa shape index (κ3) is 2.35. The molecule has 3 nitrogen and oxygen atoms in total. The number of nitrogens with one attached hydrogen (secondary N) is 1. The Kier molecular flexibility index (Phi) is 3.21. The van der Waals surface area contributed by atoms with E-state index in [2.05, 4.69) is 12.2 Å². The van der Waals surface area contributed by atoms with Crippen LogP contribution in [0.3, 0.4) is 0 Å². The molecule has 3 heteroatoms. The summed E-state index contributed by atoms with van der Waals surface area (Å²) >= 11 is 0. The Labute approximate surface area is 85.3 Å². The molecule has 80 valence electrons. The lowest BCUT2D eigenvalue weighted by atomic mass is 9.95. The molecule has 0 aromatic carbocycles. The predicted octanol–water partition coefficient (Wildman–Crippen LogP) is 0.228. The third-order valence-electron chi connectivity index (χ3n) is 3.35. The van der Waals surface area contributed by atoms with Crippen LogP contribution in [0, 0.1) is 23.0 Å². The molecule has 1 N–H and O–H groups in total.